The molecule has 8 heteroatoms. The van der Waals surface area contributed by atoms with E-state index in [4.69, 9.17) is 5.11 Å². The maximum absolute atomic E-state index is 12.6. The zero-order valence-electron chi connectivity index (χ0n) is 14.9. The summed E-state index contributed by atoms with van der Waals surface area (Å²) in [6, 6.07) is 7.06. The van der Waals surface area contributed by atoms with Crippen LogP contribution in [0.4, 0.5) is 0 Å². The molecule has 0 atom stereocenters. The molecular formula is C19H22N4O4. The lowest BCUT2D eigenvalue weighted by Gasteiger charge is -2.42. The Morgan fingerprint density at radius 3 is 2.59 bits per heavy atom. The molecule has 2 aliphatic rings. The van der Waals surface area contributed by atoms with Gasteiger partial charge in [0, 0.05) is 24.0 Å². The molecule has 1 amide bonds. The largest absolute Gasteiger partial charge is 0.480 e. The van der Waals surface area contributed by atoms with Gasteiger partial charge in [0.05, 0.1) is 11.9 Å². The molecule has 27 heavy (non-hydrogen) atoms. The second kappa shape index (κ2) is 7.11. The van der Waals surface area contributed by atoms with E-state index in [0.717, 1.165) is 19.4 Å². The fourth-order valence-corrected chi connectivity index (χ4v) is 3.69. The zero-order valence-corrected chi connectivity index (χ0v) is 14.9. The number of carbonyl (C=O) groups excluding carboxylic acids is 1. The number of aromatic nitrogens is 2. The Bertz CT molecular complexity index is 931. The Morgan fingerprint density at radius 1 is 1.22 bits per heavy atom. The first-order valence-electron chi connectivity index (χ1n) is 9.25. The van der Waals surface area contributed by atoms with Crippen molar-refractivity contribution in [2.24, 2.45) is 5.92 Å². The molecule has 8 nitrogen and oxygen atoms in total. The molecule has 3 N–H and O–H groups in total. The Hall–Kier alpha value is -2.74. The predicted molar refractivity (Wildman–Crippen MR) is 98.6 cm³/mol. The average molecular weight is 370 g/mol. The smallest absolute Gasteiger partial charge is 0.317 e. The van der Waals surface area contributed by atoms with Gasteiger partial charge in [-0.25, -0.2) is 5.10 Å². The molecule has 0 aliphatic heterocycles. The van der Waals surface area contributed by atoms with Crippen LogP contribution in [0.15, 0.2) is 29.1 Å². The number of nitrogens with zero attached hydrogens (tertiary/aromatic N) is 2. The van der Waals surface area contributed by atoms with E-state index in [0.29, 0.717) is 16.7 Å². The lowest BCUT2D eigenvalue weighted by Crippen LogP contribution is -2.55. The summed E-state index contributed by atoms with van der Waals surface area (Å²) in [5.74, 6) is -0.514. The van der Waals surface area contributed by atoms with Crippen molar-refractivity contribution in [2.75, 3.05) is 13.1 Å². The van der Waals surface area contributed by atoms with Crippen molar-refractivity contribution < 1.29 is 14.7 Å². The van der Waals surface area contributed by atoms with Gasteiger partial charge in [0.15, 0.2) is 5.69 Å². The van der Waals surface area contributed by atoms with Gasteiger partial charge in [0.25, 0.3) is 11.5 Å². The number of H-pyrrole nitrogens is 1. The summed E-state index contributed by atoms with van der Waals surface area (Å²) in [7, 11) is 0. The standard InChI is InChI=1S/C19H22N4O4/c24-16(25)10-23(9-11-5-6-11)13-7-12(8-13)20-19(27)17-14-3-1-2-4-15(14)18(26)22-21-17/h1-4,11-13H,5-10H2,(H,20,27)(H,22,26)(H,24,25). The number of nitrogens with one attached hydrogen (secondary N) is 2. The van der Waals surface area contributed by atoms with Crippen LogP contribution >= 0.6 is 0 Å². The van der Waals surface area contributed by atoms with Crippen molar-refractivity contribution in [3.05, 3.63) is 40.3 Å². The molecule has 0 saturated heterocycles. The third-order valence-electron chi connectivity index (χ3n) is 5.40. The third kappa shape index (κ3) is 3.85. The highest BCUT2D eigenvalue weighted by atomic mass is 16.4. The van der Waals surface area contributed by atoms with Crippen LogP contribution in [0, 0.1) is 5.92 Å². The van der Waals surface area contributed by atoms with E-state index in [1.165, 1.54) is 12.8 Å². The molecule has 0 radical (unpaired) electrons. The highest BCUT2D eigenvalue weighted by molar-refractivity contribution is 6.04. The van der Waals surface area contributed by atoms with Crippen molar-refractivity contribution >= 4 is 22.6 Å². The number of hydrogen-bond donors (Lipinski definition) is 3. The van der Waals surface area contributed by atoms with E-state index in [1.54, 1.807) is 24.3 Å². The molecule has 4 rings (SSSR count). The number of rotatable bonds is 7. The van der Waals surface area contributed by atoms with Crippen LogP contribution in [0.2, 0.25) is 0 Å². The molecule has 0 bridgehead atoms. The molecular weight excluding hydrogens is 348 g/mol. The molecule has 142 valence electrons. The maximum Gasteiger partial charge on any atom is 0.317 e. The lowest BCUT2D eigenvalue weighted by atomic mass is 9.85. The van der Waals surface area contributed by atoms with Gasteiger partial charge < -0.3 is 10.4 Å². The second-order valence-corrected chi connectivity index (χ2v) is 7.51. The van der Waals surface area contributed by atoms with Crippen molar-refractivity contribution in [3.63, 3.8) is 0 Å². The number of fused-ring (bicyclic) bond motifs is 1. The van der Waals surface area contributed by atoms with Crippen LogP contribution in [0.3, 0.4) is 0 Å². The Balaban J connectivity index is 1.40. The molecule has 2 saturated carbocycles. The number of aliphatic carboxylic acids is 1. The molecule has 2 fully saturated rings. The summed E-state index contributed by atoms with van der Waals surface area (Å²) in [5.41, 5.74) is -0.121. The van der Waals surface area contributed by atoms with Crippen LogP contribution < -0.4 is 10.9 Å². The third-order valence-corrected chi connectivity index (χ3v) is 5.40. The Labute approximate surface area is 155 Å². The first kappa shape index (κ1) is 17.7. The second-order valence-electron chi connectivity index (χ2n) is 7.51. The van der Waals surface area contributed by atoms with Crippen LogP contribution in [-0.4, -0.2) is 57.3 Å². The van der Waals surface area contributed by atoms with E-state index in [1.807, 2.05) is 4.90 Å². The van der Waals surface area contributed by atoms with Crippen LogP contribution in [0.1, 0.15) is 36.2 Å². The normalized spacial score (nSPS) is 21.8. The first-order valence-corrected chi connectivity index (χ1v) is 9.25. The van der Waals surface area contributed by atoms with E-state index in [-0.39, 0.29) is 35.8 Å². The van der Waals surface area contributed by atoms with Gasteiger partial charge in [0.1, 0.15) is 0 Å². The minimum atomic E-state index is -0.813. The summed E-state index contributed by atoms with van der Waals surface area (Å²) in [6.07, 6.45) is 3.81. The lowest BCUT2D eigenvalue weighted by molar-refractivity contribution is -0.139. The monoisotopic (exact) mass is 370 g/mol. The number of carboxylic acids is 1. The molecule has 2 aliphatic carbocycles. The van der Waals surface area contributed by atoms with Gasteiger partial charge in [-0.1, -0.05) is 18.2 Å². The minimum Gasteiger partial charge on any atom is -0.480 e. The zero-order chi connectivity index (χ0) is 19.0. The topological polar surface area (TPSA) is 115 Å². The average Bonchev–Trinajstić information content (AvgIpc) is 3.41. The van der Waals surface area contributed by atoms with E-state index in [2.05, 4.69) is 15.5 Å². The number of benzene rings is 1. The number of hydrogen-bond acceptors (Lipinski definition) is 5. The number of amides is 1. The molecule has 0 unspecified atom stereocenters. The van der Waals surface area contributed by atoms with Crippen LogP contribution in [0.25, 0.3) is 10.8 Å². The maximum atomic E-state index is 12.6. The molecule has 1 aromatic carbocycles. The first-order chi connectivity index (χ1) is 13.0. The Morgan fingerprint density at radius 2 is 1.93 bits per heavy atom. The number of carbonyl (C=O) groups is 2. The van der Waals surface area contributed by atoms with Gasteiger partial charge in [-0.3, -0.25) is 19.3 Å². The number of aromatic amines is 1. The van der Waals surface area contributed by atoms with Crippen molar-refractivity contribution in [1.82, 2.24) is 20.4 Å². The summed E-state index contributed by atoms with van der Waals surface area (Å²) in [5, 5.41) is 19.3. The van der Waals surface area contributed by atoms with Crippen molar-refractivity contribution in [2.45, 2.75) is 37.8 Å². The van der Waals surface area contributed by atoms with Crippen LogP contribution in [-0.2, 0) is 4.79 Å². The summed E-state index contributed by atoms with van der Waals surface area (Å²) in [4.78, 5) is 37.6. The van der Waals surface area contributed by atoms with Gasteiger partial charge in [-0.05, 0) is 37.7 Å². The molecule has 1 heterocycles. The van der Waals surface area contributed by atoms with Gasteiger partial charge in [-0.2, -0.15) is 5.10 Å². The van der Waals surface area contributed by atoms with Gasteiger partial charge in [-0.15, -0.1) is 0 Å². The minimum absolute atomic E-state index is 0.00881. The highest BCUT2D eigenvalue weighted by Gasteiger charge is 2.38. The van der Waals surface area contributed by atoms with Gasteiger partial charge in [0.2, 0.25) is 0 Å². The number of carboxylic acid groups (broad SMARTS) is 1. The van der Waals surface area contributed by atoms with E-state index < -0.39 is 5.97 Å². The van der Waals surface area contributed by atoms with E-state index in [9.17, 15) is 14.4 Å². The molecule has 1 aromatic heterocycles. The summed E-state index contributed by atoms with van der Waals surface area (Å²) >= 11 is 0. The summed E-state index contributed by atoms with van der Waals surface area (Å²) < 4.78 is 0. The Kier molecular flexibility index (Phi) is 4.65. The van der Waals surface area contributed by atoms with Crippen LogP contribution in [0.5, 0.6) is 0 Å². The predicted octanol–water partition coefficient (Wildman–Crippen LogP) is 0.981. The fraction of sp³-hybridized carbons (Fsp3) is 0.474. The van der Waals surface area contributed by atoms with Gasteiger partial charge >= 0.3 is 5.97 Å². The summed E-state index contributed by atoms with van der Waals surface area (Å²) in [6.45, 7) is 0.873. The SMILES string of the molecule is O=C(O)CN(CC1CC1)C1CC(NC(=O)c2n[nH]c(=O)c3ccccc23)C1. The van der Waals surface area contributed by atoms with Crippen molar-refractivity contribution in [3.8, 4) is 0 Å². The quantitative estimate of drug-likeness (QED) is 0.669. The molecule has 0 spiro atoms. The molecule has 2 aromatic rings. The highest BCUT2D eigenvalue weighted by Crippen LogP contribution is 2.33. The van der Waals surface area contributed by atoms with E-state index >= 15 is 0 Å². The van der Waals surface area contributed by atoms with Crippen molar-refractivity contribution in [1.29, 1.82) is 0 Å². The fourth-order valence-electron chi connectivity index (χ4n) is 3.69.